The molecule has 0 spiro atoms. The predicted molar refractivity (Wildman–Crippen MR) is 115 cm³/mol. The Balaban J connectivity index is 1.60. The Kier molecular flexibility index (Phi) is 6.94. The number of guanidine groups is 1. The Morgan fingerprint density at radius 1 is 1.25 bits per heavy atom. The van der Waals surface area contributed by atoms with Gasteiger partial charge in [0.2, 0.25) is 0 Å². The maximum Gasteiger partial charge on any atom is 0.191 e. The molecule has 7 heteroatoms. The summed E-state index contributed by atoms with van der Waals surface area (Å²) in [4.78, 5) is 4.74. The van der Waals surface area contributed by atoms with Crippen molar-refractivity contribution in [2.75, 3.05) is 13.1 Å². The first-order chi connectivity index (χ1) is 13.5. The van der Waals surface area contributed by atoms with E-state index in [4.69, 9.17) is 16.6 Å². The van der Waals surface area contributed by atoms with Crippen LogP contribution in [0.1, 0.15) is 50.8 Å². The maximum absolute atomic E-state index is 6.13. The zero-order valence-electron chi connectivity index (χ0n) is 17.1. The second-order valence-electron chi connectivity index (χ2n) is 8.16. The van der Waals surface area contributed by atoms with Crippen LogP contribution in [0, 0.1) is 5.41 Å². The first-order valence-electron chi connectivity index (χ1n) is 10.1. The van der Waals surface area contributed by atoms with Crippen LogP contribution in [0.3, 0.4) is 0 Å². The normalized spacial score (nSPS) is 14.6. The molecule has 2 aromatic rings. The fourth-order valence-electron chi connectivity index (χ4n) is 3.56. The van der Waals surface area contributed by atoms with Crippen LogP contribution in [0.2, 0.25) is 5.02 Å². The number of aliphatic imine (C=N–C) groups is 1. The number of aryl methyl sites for hydroxylation is 1. The first-order valence-corrected chi connectivity index (χ1v) is 10.5. The quantitative estimate of drug-likeness (QED) is 0.548. The highest BCUT2D eigenvalue weighted by molar-refractivity contribution is 6.30. The van der Waals surface area contributed by atoms with Gasteiger partial charge in [0.25, 0.3) is 0 Å². The molecule has 1 aromatic heterocycles. The van der Waals surface area contributed by atoms with E-state index in [-0.39, 0.29) is 5.41 Å². The summed E-state index contributed by atoms with van der Waals surface area (Å²) in [5, 5.41) is 16.3. The molecule has 0 fully saturated rings. The van der Waals surface area contributed by atoms with Gasteiger partial charge < -0.3 is 15.2 Å². The van der Waals surface area contributed by atoms with E-state index >= 15 is 0 Å². The summed E-state index contributed by atoms with van der Waals surface area (Å²) >= 11 is 6.13. The Morgan fingerprint density at radius 2 is 2.11 bits per heavy atom. The van der Waals surface area contributed by atoms with Crippen LogP contribution >= 0.6 is 11.6 Å². The summed E-state index contributed by atoms with van der Waals surface area (Å²) in [7, 11) is 0. The van der Waals surface area contributed by atoms with Gasteiger partial charge in [-0.1, -0.05) is 37.6 Å². The number of nitrogens with zero attached hydrogens (tertiary/aromatic N) is 4. The van der Waals surface area contributed by atoms with Crippen LogP contribution in [-0.4, -0.2) is 33.8 Å². The number of rotatable bonds is 7. The van der Waals surface area contributed by atoms with Crippen molar-refractivity contribution in [1.29, 1.82) is 0 Å². The van der Waals surface area contributed by atoms with Gasteiger partial charge >= 0.3 is 0 Å². The summed E-state index contributed by atoms with van der Waals surface area (Å²) < 4.78 is 2.22. The minimum atomic E-state index is 0.0644. The van der Waals surface area contributed by atoms with Crippen molar-refractivity contribution in [2.24, 2.45) is 10.4 Å². The number of benzene rings is 1. The third kappa shape index (κ3) is 5.71. The van der Waals surface area contributed by atoms with E-state index < -0.39 is 0 Å². The van der Waals surface area contributed by atoms with Crippen molar-refractivity contribution >= 4 is 17.6 Å². The number of aromatic nitrogens is 3. The van der Waals surface area contributed by atoms with Crippen LogP contribution in [0.15, 0.2) is 29.3 Å². The van der Waals surface area contributed by atoms with Crippen LogP contribution in [0.4, 0.5) is 0 Å². The van der Waals surface area contributed by atoms with E-state index in [1.165, 1.54) is 18.4 Å². The third-order valence-corrected chi connectivity index (χ3v) is 5.20. The Hall–Kier alpha value is -2.08. The molecule has 0 radical (unpaired) electrons. The van der Waals surface area contributed by atoms with Crippen molar-refractivity contribution in [3.63, 3.8) is 0 Å². The molecule has 0 amide bonds. The van der Waals surface area contributed by atoms with Gasteiger partial charge in [-0.15, -0.1) is 10.2 Å². The van der Waals surface area contributed by atoms with E-state index in [0.717, 1.165) is 55.1 Å². The van der Waals surface area contributed by atoms with Gasteiger partial charge in [0, 0.05) is 31.1 Å². The fourth-order valence-corrected chi connectivity index (χ4v) is 3.77. The van der Waals surface area contributed by atoms with Crippen LogP contribution in [-0.2, 0) is 25.9 Å². The summed E-state index contributed by atoms with van der Waals surface area (Å²) in [6.45, 7) is 9.74. The minimum absolute atomic E-state index is 0.0644. The molecule has 0 bridgehead atoms. The van der Waals surface area contributed by atoms with Gasteiger partial charge in [-0.3, -0.25) is 0 Å². The number of halogens is 1. The predicted octanol–water partition coefficient (Wildman–Crippen LogP) is 3.59. The molecule has 2 N–H and O–H groups in total. The minimum Gasteiger partial charge on any atom is -0.357 e. The van der Waals surface area contributed by atoms with E-state index in [0.29, 0.717) is 6.54 Å². The van der Waals surface area contributed by atoms with Crippen molar-refractivity contribution < 1.29 is 0 Å². The van der Waals surface area contributed by atoms with Crippen molar-refractivity contribution in [3.8, 4) is 0 Å². The van der Waals surface area contributed by atoms with E-state index in [9.17, 15) is 0 Å². The third-order valence-electron chi connectivity index (χ3n) is 4.97. The van der Waals surface area contributed by atoms with Crippen LogP contribution in [0.5, 0.6) is 0 Å². The zero-order valence-corrected chi connectivity index (χ0v) is 17.9. The molecule has 0 aliphatic carbocycles. The van der Waals surface area contributed by atoms with E-state index in [2.05, 4.69) is 52.2 Å². The van der Waals surface area contributed by atoms with Gasteiger partial charge in [-0.05, 0) is 49.3 Å². The number of fused-ring (bicyclic) bond motifs is 1. The Labute approximate surface area is 172 Å². The van der Waals surface area contributed by atoms with Crippen molar-refractivity contribution in [1.82, 2.24) is 25.4 Å². The van der Waals surface area contributed by atoms with Gasteiger partial charge in [0.05, 0.1) is 0 Å². The lowest BCUT2D eigenvalue weighted by Crippen LogP contribution is -2.42. The molecule has 0 atom stereocenters. The molecule has 1 aliphatic rings. The molecule has 1 aliphatic heterocycles. The second-order valence-corrected chi connectivity index (χ2v) is 8.60. The number of hydrogen-bond donors (Lipinski definition) is 2. The molecule has 0 saturated heterocycles. The van der Waals surface area contributed by atoms with Gasteiger partial charge in [0.1, 0.15) is 12.4 Å². The van der Waals surface area contributed by atoms with E-state index in [1.807, 2.05) is 18.2 Å². The van der Waals surface area contributed by atoms with Crippen molar-refractivity contribution in [2.45, 2.75) is 59.5 Å². The summed E-state index contributed by atoms with van der Waals surface area (Å²) in [6.07, 6.45) is 4.36. The molecule has 152 valence electrons. The first kappa shape index (κ1) is 20.6. The van der Waals surface area contributed by atoms with Crippen LogP contribution < -0.4 is 10.6 Å². The summed E-state index contributed by atoms with van der Waals surface area (Å²) in [5.74, 6) is 2.86. The molecule has 0 unspecified atom stereocenters. The second kappa shape index (κ2) is 9.41. The van der Waals surface area contributed by atoms with Gasteiger partial charge in [-0.2, -0.15) is 0 Å². The highest BCUT2D eigenvalue weighted by Gasteiger charge is 2.20. The highest BCUT2D eigenvalue weighted by Crippen LogP contribution is 2.23. The molecule has 6 nitrogen and oxygen atoms in total. The smallest absolute Gasteiger partial charge is 0.191 e. The molecule has 3 rings (SSSR count). The molecule has 2 heterocycles. The van der Waals surface area contributed by atoms with Crippen molar-refractivity contribution in [3.05, 3.63) is 46.5 Å². The lowest BCUT2D eigenvalue weighted by molar-refractivity contribution is 0.359. The van der Waals surface area contributed by atoms with Gasteiger partial charge in [-0.25, -0.2) is 4.99 Å². The summed E-state index contributed by atoms with van der Waals surface area (Å²) in [6, 6.07) is 8.08. The monoisotopic (exact) mass is 402 g/mol. The van der Waals surface area contributed by atoms with Crippen LogP contribution in [0.25, 0.3) is 0 Å². The Morgan fingerprint density at radius 3 is 2.89 bits per heavy atom. The summed E-state index contributed by atoms with van der Waals surface area (Å²) in [5.41, 5.74) is 1.31. The molecular formula is C21H31ClN6. The maximum atomic E-state index is 6.13. The Bertz CT molecular complexity index is 811. The number of hydrogen-bond acceptors (Lipinski definition) is 3. The van der Waals surface area contributed by atoms with Gasteiger partial charge in [0.15, 0.2) is 11.8 Å². The standard InChI is InChI=1S/C21H31ClN6/c1-4-23-20(24-14-19-27-26-18-10-5-6-11-28(18)19)25-15-21(2,3)13-16-8-7-9-17(22)12-16/h7-9,12H,4-6,10-11,13-15H2,1-3H3,(H2,23,24,25). The topological polar surface area (TPSA) is 67.1 Å². The number of nitrogens with one attached hydrogen (secondary N) is 2. The lowest BCUT2D eigenvalue weighted by atomic mass is 9.86. The fraction of sp³-hybridized carbons (Fsp3) is 0.571. The molecule has 0 saturated carbocycles. The zero-order chi connectivity index (χ0) is 20.0. The largest absolute Gasteiger partial charge is 0.357 e. The molecular weight excluding hydrogens is 372 g/mol. The van der Waals surface area contributed by atoms with E-state index in [1.54, 1.807) is 0 Å². The highest BCUT2D eigenvalue weighted by atomic mass is 35.5. The lowest BCUT2D eigenvalue weighted by Gasteiger charge is -2.26. The average molecular weight is 403 g/mol. The molecule has 1 aromatic carbocycles. The molecule has 28 heavy (non-hydrogen) atoms. The SMILES string of the molecule is CCNC(=NCc1nnc2n1CCCC2)NCC(C)(C)Cc1cccc(Cl)c1. The average Bonchev–Trinajstić information content (AvgIpc) is 3.07.